The second-order valence-corrected chi connectivity index (χ2v) is 7.88. The van der Waals surface area contributed by atoms with Crippen LogP contribution in [0.25, 0.3) is 10.2 Å². The van der Waals surface area contributed by atoms with Crippen molar-refractivity contribution in [2.75, 3.05) is 33.3 Å². The lowest BCUT2D eigenvalue weighted by atomic mass is 10.2. The fourth-order valence-electron chi connectivity index (χ4n) is 3.62. The standard InChI is InChI=1S/C21H23N3O3S/c1-15(25)22-8-10-23(11-9-22)21(26)19-13-20-18(7-12-28-20)24(19)14-16-3-5-17(27-2)6-4-16/h3-7,12-13H,8-11,14H2,1-2H3. The number of piperazine rings is 1. The van der Waals surface area contributed by atoms with E-state index in [9.17, 15) is 9.59 Å². The summed E-state index contributed by atoms with van der Waals surface area (Å²) in [7, 11) is 1.65. The van der Waals surface area contributed by atoms with Gasteiger partial charge in [0.1, 0.15) is 11.4 Å². The molecule has 2 amide bonds. The number of carbonyl (C=O) groups excluding carboxylic acids is 2. The van der Waals surface area contributed by atoms with Gasteiger partial charge in [-0.15, -0.1) is 11.3 Å². The summed E-state index contributed by atoms with van der Waals surface area (Å²) in [5.74, 6) is 0.909. The highest BCUT2D eigenvalue weighted by Crippen LogP contribution is 2.27. The molecule has 1 aromatic carbocycles. The minimum atomic E-state index is 0.0279. The molecule has 28 heavy (non-hydrogen) atoms. The predicted molar refractivity (Wildman–Crippen MR) is 110 cm³/mol. The average molecular weight is 398 g/mol. The third-order valence-corrected chi connectivity index (χ3v) is 6.11. The van der Waals surface area contributed by atoms with Crippen LogP contribution in [0.2, 0.25) is 0 Å². The summed E-state index contributed by atoms with van der Waals surface area (Å²) < 4.78 is 8.44. The van der Waals surface area contributed by atoms with Gasteiger partial charge in [-0.05, 0) is 35.2 Å². The van der Waals surface area contributed by atoms with E-state index in [1.54, 1.807) is 30.3 Å². The predicted octanol–water partition coefficient (Wildman–Crippen LogP) is 3.06. The third-order valence-electron chi connectivity index (χ3n) is 5.25. The van der Waals surface area contributed by atoms with Crippen LogP contribution < -0.4 is 4.74 Å². The smallest absolute Gasteiger partial charge is 0.270 e. The number of amides is 2. The van der Waals surface area contributed by atoms with Crippen LogP contribution in [-0.2, 0) is 11.3 Å². The number of carbonyl (C=O) groups is 2. The van der Waals surface area contributed by atoms with Crippen molar-refractivity contribution < 1.29 is 14.3 Å². The molecule has 0 radical (unpaired) electrons. The number of nitrogens with zero attached hydrogens (tertiary/aromatic N) is 3. The van der Waals surface area contributed by atoms with E-state index in [0.717, 1.165) is 21.5 Å². The molecule has 4 rings (SSSR count). The van der Waals surface area contributed by atoms with Crippen LogP contribution in [0.3, 0.4) is 0 Å². The average Bonchev–Trinajstić information content (AvgIpc) is 3.31. The van der Waals surface area contributed by atoms with Crippen molar-refractivity contribution >= 4 is 33.4 Å². The third kappa shape index (κ3) is 3.49. The van der Waals surface area contributed by atoms with E-state index in [4.69, 9.17) is 4.74 Å². The van der Waals surface area contributed by atoms with Crippen LogP contribution in [0.4, 0.5) is 0 Å². The van der Waals surface area contributed by atoms with E-state index < -0.39 is 0 Å². The Morgan fingerprint density at radius 2 is 1.71 bits per heavy atom. The number of aromatic nitrogens is 1. The molecule has 0 atom stereocenters. The molecular weight excluding hydrogens is 374 g/mol. The highest BCUT2D eigenvalue weighted by Gasteiger charge is 2.26. The quantitative estimate of drug-likeness (QED) is 0.680. The molecule has 3 heterocycles. The van der Waals surface area contributed by atoms with E-state index in [1.165, 1.54) is 0 Å². The first-order valence-corrected chi connectivity index (χ1v) is 10.2. The van der Waals surface area contributed by atoms with Crippen molar-refractivity contribution in [3.05, 3.63) is 53.0 Å². The fraction of sp³-hybridized carbons (Fsp3) is 0.333. The van der Waals surface area contributed by atoms with Crippen LogP contribution >= 0.6 is 11.3 Å². The van der Waals surface area contributed by atoms with Crippen molar-refractivity contribution in [1.29, 1.82) is 0 Å². The summed E-state index contributed by atoms with van der Waals surface area (Å²) in [5, 5.41) is 2.05. The van der Waals surface area contributed by atoms with E-state index >= 15 is 0 Å². The number of hydrogen-bond acceptors (Lipinski definition) is 4. The van der Waals surface area contributed by atoms with Gasteiger partial charge in [0, 0.05) is 39.6 Å². The Morgan fingerprint density at radius 1 is 1.04 bits per heavy atom. The van der Waals surface area contributed by atoms with Gasteiger partial charge in [0.05, 0.1) is 17.3 Å². The van der Waals surface area contributed by atoms with Gasteiger partial charge in [0.15, 0.2) is 0 Å². The van der Waals surface area contributed by atoms with E-state index in [0.29, 0.717) is 38.4 Å². The van der Waals surface area contributed by atoms with Crippen LogP contribution in [0.15, 0.2) is 41.8 Å². The molecule has 1 saturated heterocycles. The zero-order valence-electron chi connectivity index (χ0n) is 16.1. The summed E-state index contributed by atoms with van der Waals surface area (Å²) in [4.78, 5) is 28.4. The zero-order valence-corrected chi connectivity index (χ0v) is 16.9. The number of benzene rings is 1. The molecule has 2 aromatic heterocycles. The fourth-order valence-corrected chi connectivity index (χ4v) is 4.45. The molecule has 0 N–H and O–H groups in total. The highest BCUT2D eigenvalue weighted by molar-refractivity contribution is 7.17. The largest absolute Gasteiger partial charge is 0.497 e. The van der Waals surface area contributed by atoms with Crippen molar-refractivity contribution in [2.24, 2.45) is 0 Å². The summed E-state index contributed by atoms with van der Waals surface area (Å²) >= 11 is 1.64. The minimum Gasteiger partial charge on any atom is -0.497 e. The van der Waals surface area contributed by atoms with E-state index in [-0.39, 0.29) is 11.8 Å². The molecule has 3 aromatic rings. The monoisotopic (exact) mass is 397 g/mol. The molecule has 1 aliphatic rings. The normalized spacial score (nSPS) is 14.5. The number of fused-ring (bicyclic) bond motifs is 1. The summed E-state index contributed by atoms with van der Waals surface area (Å²) in [6.07, 6.45) is 0. The molecule has 0 aliphatic carbocycles. The first-order valence-electron chi connectivity index (χ1n) is 9.31. The molecule has 0 unspecified atom stereocenters. The molecule has 1 fully saturated rings. The molecule has 0 spiro atoms. The van der Waals surface area contributed by atoms with Crippen LogP contribution in [0, 0.1) is 0 Å². The van der Waals surface area contributed by atoms with Gasteiger partial charge >= 0.3 is 0 Å². The van der Waals surface area contributed by atoms with Crippen molar-refractivity contribution in [3.8, 4) is 5.75 Å². The lowest BCUT2D eigenvalue weighted by Crippen LogP contribution is -2.50. The number of hydrogen-bond donors (Lipinski definition) is 0. The lowest BCUT2D eigenvalue weighted by molar-refractivity contribution is -0.130. The van der Waals surface area contributed by atoms with Gasteiger partial charge < -0.3 is 19.1 Å². The second-order valence-electron chi connectivity index (χ2n) is 6.93. The number of methoxy groups -OCH3 is 1. The van der Waals surface area contributed by atoms with Crippen LogP contribution in [0.5, 0.6) is 5.75 Å². The Hall–Kier alpha value is -2.80. The van der Waals surface area contributed by atoms with Crippen molar-refractivity contribution in [1.82, 2.24) is 14.4 Å². The van der Waals surface area contributed by atoms with Gasteiger partial charge in [-0.2, -0.15) is 0 Å². The second kappa shape index (κ2) is 7.67. The Balaban J connectivity index is 1.60. The molecule has 7 heteroatoms. The maximum absolute atomic E-state index is 13.2. The Kier molecular flexibility index (Phi) is 5.09. The Morgan fingerprint density at radius 3 is 2.36 bits per heavy atom. The van der Waals surface area contributed by atoms with Gasteiger partial charge in [0.2, 0.25) is 5.91 Å². The van der Waals surface area contributed by atoms with E-state index in [2.05, 4.69) is 16.0 Å². The molecule has 6 nitrogen and oxygen atoms in total. The summed E-state index contributed by atoms with van der Waals surface area (Å²) in [5.41, 5.74) is 2.89. The SMILES string of the molecule is COc1ccc(Cn2c(C(=O)N3CCN(C(C)=O)CC3)cc3sccc32)cc1. The number of rotatable bonds is 4. The van der Waals surface area contributed by atoms with Crippen LogP contribution in [-0.4, -0.2) is 59.5 Å². The lowest BCUT2D eigenvalue weighted by Gasteiger charge is -2.34. The number of ether oxygens (including phenoxy) is 1. The van der Waals surface area contributed by atoms with E-state index in [1.807, 2.05) is 35.2 Å². The maximum atomic E-state index is 13.2. The molecule has 1 aliphatic heterocycles. The van der Waals surface area contributed by atoms with Gasteiger partial charge in [-0.1, -0.05) is 12.1 Å². The Bertz CT molecular complexity index is 998. The van der Waals surface area contributed by atoms with Gasteiger partial charge in [-0.25, -0.2) is 0 Å². The van der Waals surface area contributed by atoms with Crippen molar-refractivity contribution in [2.45, 2.75) is 13.5 Å². The highest BCUT2D eigenvalue weighted by atomic mass is 32.1. The topological polar surface area (TPSA) is 54.8 Å². The maximum Gasteiger partial charge on any atom is 0.270 e. The molecule has 146 valence electrons. The molecule has 0 bridgehead atoms. The molecule has 0 saturated carbocycles. The van der Waals surface area contributed by atoms with Gasteiger partial charge in [0.25, 0.3) is 5.91 Å². The van der Waals surface area contributed by atoms with Crippen molar-refractivity contribution in [3.63, 3.8) is 0 Å². The van der Waals surface area contributed by atoms with Crippen LogP contribution in [0.1, 0.15) is 23.0 Å². The Labute approximate surface area is 167 Å². The first-order chi connectivity index (χ1) is 13.6. The first kappa shape index (κ1) is 18.6. The summed E-state index contributed by atoms with van der Waals surface area (Å²) in [6, 6.07) is 12.0. The minimum absolute atomic E-state index is 0.0279. The summed E-state index contributed by atoms with van der Waals surface area (Å²) in [6.45, 7) is 4.52. The van der Waals surface area contributed by atoms with Gasteiger partial charge in [-0.3, -0.25) is 9.59 Å². The number of thiophene rings is 1. The molecular formula is C21H23N3O3S. The zero-order chi connectivity index (χ0) is 19.7.